The first-order valence-corrected chi connectivity index (χ1v) is 7.94. The molecule has 0 spiro atoms. The van der Waals surface area contributed by atoms with Gasteiger partial charge >= 0.3 is 0 Å². The predicted octanol–water partition coefficient (Wildman–Crippen LogP) is 3.59. The number of hydrogen-bond donors (Lipinski definition) is 1. The number of aryl methyl sites for hydroxylation is 3. The predicted molar refractivity (Wildman–Crippen MR) is 87.0 cm³/mol. The molecule has 2 atom stereocenters. The van der Waals surface area contributed by atoms with E-state index >= 15 is 0 Å². The van der Waals surface area contributed by atoms with Gasteiger partial charge in [0.15, 0.2) is 0 Å². The van der Waals surface area contributed by atoms with Crippen molar-refractivity contribution in [2.45, 2.75) is 47.1 Å². The van der Waals surface area contributed by atoms with Crippen LogP contribution in [0.5, 0.6) is 0 Å². The van der Waals surface area contributed by atoms with Crippen LogP contribution >= 0.6 is 0 Å². The summed E-state index contributed by atoms with van der Waals surface area (Å²) in [5, 5.41) is 0. The maximum atomic E-state index is 6.51. The Balaban J connectivity index is 2.04. The van der Waals surface area contributed by atoms with Crippen molar-refractivity contribution < 1.29 is 0 Å². The fourth-order valence-corrected chi connectivity index (χ4v) is 3.72. The van der Waals surface area contributed by atoms with Crippen LogP contribution in [0.15, 0.2) is 12.1 Å². The fourth-order valence-electron chi connectivity index (χ4n) is 3.72. The van der Waals surface area contributed by atoms with Crippen LogP contribution < -0.4 is 5.73 Å². The van der Waals surface area contributed by atoms with Crippen LogP contribution in [0.3, 0.4) is 0 Å². The number of likely N-dealkylation sites (tertiary alicyclic amines) is 1. The lowest BCUT2D eigenvalue weighted by atomic mass is 9.94. The van der Waals surface area contributed by atoms with Gasteiger partial charge in [0.05, 0.1) is 0 Å². The number of nitrogens with zero attached hydrogens (tertiary/aromatic N) is 1. The number of hydrogen-bond acceptors (Lipinski definition) is 2. The van der Waals surface area contributed by atoms with E-state index in [0.29, 0.717) is 0 Å². The van der Waals surface area contributed by atoms with Gasteiger partial charge in [0.25, 0.3) is 0 Å². The Labute approximate surface area is 124 Å². The van der Waals surface area contributed by atoms with E-state index in [2.05, 4.69) is 51.7 Å². The van der Waals surface area contributed by atoms with E-state index in [0.717, 1.165) is 18.4 Å². The van der Waals surface area contributed by atoms with E-state index in [4.69, 9.17) is 5.73 Å². The zero-order valence-electron chi connectivity index (χ0n) is 13.7. The van der Waals surface area contributed by atoms with Crippen molar-refractivity contribution in [3.05, 3.63) is 34.4 Å². The molecule has 2 nitrogen and oxygen atoms in total. The highest BCUT2D eigenvalue weighted by Gasteiger charge is 2.26. The smallest absolute Gasteiger partial charge is 0.0429 e. The standard InChI is InChI=1S/C18H30N2/c1-12(2)16-6-7-20(10-16)11-17(19)18-14(4)8-13(3)9-15(18)5/h8-9,12,16-17H,6-7,10-11,19H2,1-5H3. The van der Waals surface area contributed by atoms with Crippen LogP contribution in [-0.2, 0) is 0 Å². The third-order valence-electron chi connectivity index (χ3n) is 4.82. The molecule has 1 aromatic carbocycles. The molecule has 0 aromatic heterocycles. The van der Waals surface area contributed by atoms with Gasteiger partial charge in [-0.1, -0.05) is 31.5 Å². The van der Waals surface area contributed by atoms with Crippen LogP contribution in [0.25, 0.3) is 0 Å². The summed E-state index contributed by atoms with van der Waals surface area (Å²) in [6, 6.07) is 4.65. The van der Waals surface area contributed by atoms with Crippen molar-refractivity contribution in [3.63, 3.8) is 0 Å². The molecule has 0 radical (unpaired) electrons. The van der Waals surface area contributed by atoms with Crippen molar-refractivity contribution in [2.75, 3.05) is 19.6 Å². The van der Waals surface area contributed by atoms with Crippen LogP contribution in [0.2, 0.25) is 0 Å². The number of rotatable bonds is 4. The van der Waals surface area contributed by atoms with Crippen LogP contribution in [0.1, 0.15) is 48.6 Å². The van der Waals surface area contributed by atoms with Gasteiger partial charge in [-0.3, -0.25) is 0 Å². The highest BCUT2D eigenvalue weighted by atomic mass is 15.2. The fraction of sp³-hybridized carbons (Fsp3) is 0.667. The molecule has 1 heterocycles. The van der Waals surface area contributed by atoms with Gasteiger partial charge in [-0.25, -0.2) is 0 Å². The molecular formula is C18H30N2. The summed E-state index contributed by atoms with van der Waals surface area (Å²) in [7, 11) is 0. The van der Waals surface area contributed by atoms with Crippen molar-refractivity contribution in [2.24, 2.45) is 17.6 Å². The van der Waals surface area contributed by atoms with Gasteiger partial charge in [-0.05, 0) is 62.3 Å². The minimum atomic E-state index is 0.140. The van der Waals surface area contributed by atoms with E-state index in [9.17, 15) is 0 Å². The summed E-state index contributed by atoms with van der Waals surface area (Å²) in [6.45, 7) is 14.6. The summed E-state index contributed by atoms with van der Waals surface area (Å²) >= 11 is 0. The molecule has 1 aliphatic rings. The molecule has 2 heteroatoms. The third-order valence-corrected chi connectivity index (χ3v) is 4.82. The van der Waals surface area contributed by atoms with Crippen LogP contribution in [0, 0.1) is 32.6 Å². The van der Waals surface area contributed by atoms with E-state index in [-0.39, 0.29) is 6.04 Å². The Morgan fingerprint density at radius 3 is 2.30 bits per heavy atom. The van der Waals surface area contributed by atoms with Crippen molar-refractivity contribution in [1.82, 2.24) is 4.90 Å². The van der Waals surface area contributed by atoms with Crippen molar-refractivity contribution in [1.29, 1.82) is 0 Å². The van der Waals surface area contributed by atoms with Gasteiger partial charge in [0, 0.05) is 19.1 Å². The van der Waals surface area contributed by atoms with E-state index < -0.39 is 0 Å². The van der Waals surface area contributed by atoms with Gasteiger partial charge in [0.2, 0.25) is 0 Å². The normalized spacial score (nSPS) is 21.6. The maximum absolute atomic E-state index is 6.51. The second-order valence-corrected chi connectivity index (χ2v) is 6.97. The Bertz CT molecular complexity index is 441. The minimum absolute atomic E-state index is 0.140. The molecule has 0 amide bonds. The average molecular weight is 274 g/mol. The SMILES string of the molecule is Cc1cc(C)c(C(N)CN2CCC(C(C)C)C2)c(C)c1. The molecular weight excluding hydrogens is 244 g/mol. The lowest BCUT2D eigenvalue weighted by Crippen LogP contribution is -2.31. The lowest BCUT2D eigenvalue weighted by Gasteiger charge is -2.24. The molecule has 0 saturated carbocycles. The minimum Gasteiger partial charge on any atom is -0.323 e. The summed E-state index contributed by atoms with van der Waals surface area (Å²) in [5.74, 6) is 1.64. The lowest BCUT2D eigenvalue weighted by molar-refractivity contribution is 0.287. The van der Waals surface area contributed by atoms with Gasteiger partial charge < -0.3 is 10.6 Å². The highest BCUT2D eigenvalue weighted by molar-refractivity contribution is 5.39. The summed E-state index contributed by atoms with van der Waals surface area (Å²) < 4.78 is 0. The second kappa shape index (κ2) is 6.28. The molecule has 1 aromatic rings. The Kier molecular flexibility index (Phi) is 4.87. The molecule has 2 unspecified atom stereocenters. The number of benzene rings is 1. The van der Waals surface area contributed by atoms with Crippen molar-refractivity contribution >= 4 is 0 Å². The van der Waals surface area contributed by atoms with Crippen LogP contribution in [-0.4, -0.2) is 24.5 Å². The zero-order valence-corrected chi connectivity index (χ0v) is 13.7. The Morgan fingerprint density at radius 1 is 1.20 bits per heavy atom. The van der Waals surface area contributed by atoms with Gasteiger partial charge in [-0.2, -0.15) is 0 Å². The van der Waals surface area contributed by atoms with Gasteiger partial charge in [-0.15, -0.1) is 0 Å². The first-order chi connectivity index (χ1) is 9.38. The molecule has 2 rings (SSSR count). The molecule has 1 saturated heterocycles. The quantitative estimate of drug-likeness (QED) is 0.909. The highest BCUT2D eigenvalue weighted by Crippen LogP contribution is 2.27. The number of nitrogens with two attached hydrogens (primary N) is 1. The molecule has 1 fully saturated rings. The second-order valence-electron chi connectivity index (χ2n) is 6.97. The average Bonchev–Trinajstić information content (AvgIpc) is 2.75. The molecule has 20 heavy (non-hydrogen) atoms. The first kappa shape index (κ1) is 15.5. The maximum Gasteiger partial charge on any atom is 0.0429 e. The summed E-state index contributed by atoms with van der Waals surface area (Å²) in [5.41, 5.74) is 11.9. The summed E-state index contributed by atoms with van der Waals surface area (Å²) in [4.78, 5) is 2.55. The largest absolute Gasteiger partial charge is 0.323 e. The van der Waals surface area contributed by atoms with Crippen LogP contribution in [0.4, 0.5) is 0 Å². The molecule has 112 valence electrons. The third kappa shape index (κ3) is 3.42. The molecule has 2 N–H and O–H groups in total. The van der Waals surface area contributed by atoms with E-state index in [1.807, 2.05) is 0 Å². The molecule has 0 aliphatic carbocycles. The summed E-state index contributed by atoms with van der Waals surface area (Å²) in [6.07, 6.45) is 1.33. The van der Waals surface area contributed by atoms with E-state index in [1.54, 1.807) is 0 Å². The Hall–Kier alpha value is -0.860. The molecule has 0 bridgehead atoms. The Morgan fingerprint density at radius 2 is 1.80 bits per heavy atom. The zero-order chi connectivity index (χ0) is 14.9. The van der Waals surface area contributed by atoms with E-state index in [1.165, 1.54) is 41.8 Å². The monoisotopic (exact) mass is 274 g/mol. The molecule has 1 aliphatic heterocycles. The topological polar surface area (TPSA) is 29.3 Å². The van der Waals surface area contributed by atoms with Crippen molar-refractivity contribution in [3.8, 4) is 0 Å². The first-order valence-electron chi connectivity index (χ1n) is 7.94. The van der Waals surface area contributed by atoms with Gasteiger partial charge in [0.1, 0.15) is 0 Å².